The summed E-state index contributed by atoms with van der Waals surface area (Å²) in [7, 11) is 0. The Bertz CT molecular complexity index is 716. The van der Waals surface area contributed by atoms with E-state index in [1.807, 2.05) is 35.2 Å². The van der Waals surface area contributed by atoms with Gasteiger partial charge < -0.3 is 10.2 Å². The quantitative estimate of drug-likeness (QED) is 0.942. The summed E-state index contributed by atoms with van der Waals surface area (Å²) in [5, 5.41) is 12.0. The molecule has 1 aliphatic rings. The number of amides is 1. The van der Waals surface area contributed by atoms with Crippen molar-refractivity contribution in [3.05, 3.63) is 59.7 Å². The van der Waals surface area contributed by atoms with E-state index >= 15 is 0 Å². The molecule has 1 heterocycles. The predicted octanol–water partition coefficient (Wildman–Crippen LogP) is 2.95. The van der Waals surface area contributed by atoms with Crippen molar-refractivity contribution in [3.8, 4) is 6.07 Å². The minimum Gasteiger partial charge on any atom is -0.385 e. The lowest BCUT2D eigenvalue weighted by Crippen LogP contribution is -2.30. The number of carbonyl (C=O) groups excluding carboxylic acids is 1. The van der Waals surface area contributed by atoms with Crippen LogP contribution in [0.3, 0.4) is 0 Å². The highest BCUT2D eigenvalue weighted by atomic mass is 16.2. The first kappa shape index (κ1) is 14.2. The zero-order valence-corrected chi connectivity index (χ0v) is 12.2. The van der Waals surface area contributed by atoms with E-state index in [1.54, 1.807) is 12.1 Å². The second-order valence-electron chi connectivity index (χ2n) is 5.29. The van der Waals surface area contributed by atoms with Gasteiger partial charge in [-0.2, -0.15) is 5.26 Å². The lowest BCUT2D eigenvalue weighted by atomic mass is 10.2. The number of benzene rings is 2. The fraction of sp³-hybridized carbons (Fsp3) is 0.222. The van der Waals surface area contributed by atoms with Crippen LogP contribution in [-0.4, -0.2) is 19.0 Å². The molecule has 0 unspecified atom stereocenters. The lowest BCUT2D eigenvalue weighted by Gasteiger charge is -2.17. The Balaban J connectivity index is 1.54. The van der Waals surface area contributed by atoms with Gasteiger partial charge in [-0.15, -0.1) is 0 Å². The van der Waals surface area contributed by atoms with Crippen LogP contribution in [0.1, 0.15) is 17.5 Å². The Morgan fingerprint density at radius 1 is 1.18 bits per heavy atom. The molecule has 0 fully saturated rings. The maximum Gasteiger partial charge on any atom is 0.228 e. The monoisotopic (exact) mass is 291 g/mol. The maximum absolute atomic E-state index is 12.3. The first-order chi connectivity index (χ1) is 10.8. The van der Waals surface area contributed by atoms with Gasteiger partial charge in [0, 0.05) is 30.9 Å². The average Bonchev–Trinajstić information content (AvgIpc) is 2.99. The van der Waals surface area contributed by atoms with Gasteiger partial charge >= 0.3 is 0 Å². The predicted molar refractivity (Wildman–Crippen MR) is 86.8 cm³/mol. The van der Waals surface area contributed by atoms with E-state index in [9.17, 15) is 4.79 Å². The summed E-state index contributed by atoms with van der Waals surface area (Å²) >= 11 is 0. The molecule has 0 saturated carbocycles. The number of hydrogen-bond donors (Lipinski definition) is 1. The lowest BCUT2D eigenvalue weighted by molar-refractivity contribution is -0.118. The molecule has 22 heavy (non-hydrogen) atoms. The van der Waals surface area contributed by atoms with Crippen LogP contribution in [0.25, 0.3) is 0 Å². The van der Waals surface area contributed by atoms with Crippen LogP contribution < -0.4 is 10.2 Å². The van der Waals surface area contributed by atoms with Crippen LogP contribution in [-0.2, 0) is 11.2 Å². The summed E-state index contributed by atoms with van der Waals surface area (Å²) in [5.74, 6) is 0.145. The van der Waals surface area contributed by atoms with Crippen molar-refractivity contribution >= 4 is 17.3 Å². The molecule has 2 aromatic carbocycles. The van der Waals surface area contributed by atoms with E-state index in [2.05, 4.69) is 17.5 Å². The van der Waals surface area contributed by atoms with E-state index in [0.29, 0.717) is 18.5 Å². The second kappa shape index (κ2) is 6.31. The summed E-state index contributed by atoms with van der Waals surface area (Å²) in [4.78, 5) is 14.2. The average molecular weight is 291 g/mol. The zero-order chi connectivity index (χ0) is 15.4. The first-order valence-electron chi connectivity index (χ1n) is 7.40. The number of nitrogens with one attached hydrogen (secondary N) is 1. The van der Waals surface area contributed by atoms with Crippen molar-refractivity contribution in [1.29, 1.82) is 5.26 Å². The molecule has 110 valence electrons. The van der Waals surface area contributed by atoms with Crippen LogP contribution in [0.2, 0.25) is 0 Å². The molecule has 0 atom stereocenters. The van der Waals surface area contributed by atoms with Gasteiger partial charge in [0.15, 0.2) is 0 Å². The third-order valence-corrected chi connectivity index (χ3v) is 3.87. The third-order valence-electron chi connectivity index (χ3n) is 3.87. The Morgan fingerprint density at radius 3 is 2.73 bits per heavy atom. The van der Waals surface area contributed by atoms with E-state index in [-0.39, 0.29) is 5.91 Å². The smallest absolute Gasteiger partial charge is 0.228 e. The van der Waals surface area contributed by atoms with Crippen LogP contribution in [0, 0.1) is 11.3 Å². The van der Waals surface area contributed by atoms with Crippen molar-refractivity contribution in [2.24, 2.45) is 0 Å². The number of rotatable bonds is 4. The van der Waals surface area contributed by atoms with E-state index < -0.39 is 0 Å². The standard InChI is InChI=1S/C18H17N3O/c19-13-14-5-7-16(8-6-14)20-11-9-18(22)21-12-10-15-3-1-2-4-17(15)21/h1-8,20H,9-12H2. The number of nitrogens with zero attached hydrogens (tertiary/aromatic N) is 2. The highest BCUT2D eigenvalue weighted by Gasteiger charge is 2.23. The molecule has 1 N–H and O–H groups in total. The molecular formula is C18H17N3O. The molecule has 0 aliphatic carbocycles. The molecule has 4 heteroatoms. The molecule has 0 spiro atoms. The van der Waals surface area contributed by atoms with Crippen molar-refractivity contribution in [1.82, 2.24) is 0 Å². The molecule has 1 amide bonds. The normalized spacial score (nSPS) is 12.6. The number of carbonyl (C=O) groups is 1. The summed E-state index contributed by atoms with van der Waals surface area (Å²) in [6, 6.07) is 17.4. The Kier molecular flexibility index (Phi) is 4.06. The number of fused-ring (bicyclic) bond motifs is 1. The molecule has 1 aliphatic heterocycles. The van der Waals surface area contributed by atoms with Gasteiger partial charge in [0.1, 0.15) is 0 Å². The molecule has 4 nitrogen and oxygen atoms in total. The Morgan fingerprint density at radius 2 is 1.95 bits per heavy atom. The van der Waals surface area contributed by atoms with Gasteiger partial charge in [-0.05, 0) is 42.3 Å². The second-order valence-corrected chi connectivity index (χ2v) is 5.29. The number of nitriles is 1. The van der Waals surface area contributed by atoms with Gasteiger partial charge in [0.05, 0.1) is 11.6 Å². The molecule has 2 aromatic rings. The molecular weight excluding hydrogens is 274 g/mol. The van der Waals surface area contributed by atoms with Crippen molar-refractivity contribution < 1.29 is 4.79 Å². The fourth-order valence-electron chi connectivity index (χ4n) is 2.71. The Labute approximate surface area is 130 Å². The summed E-state index contributed by atoms with van der Waals surface area (Å²) in [6.07, 6.45) is 1.39. The van der Waals surface area contributed by atoms with Gasteiger partial charge in [-0.1, -0.05) is 18.2 Å². The minimum atomic E-state index is 0.145. The molecule has 0 bridgehead atoms. The molecule has 0 radical (unpaired) electrons. The number of para-hydroxylation sites is 1. The Hall–Kier alpha value is -2.80. The highest BCUT2D eigenvalue weighted by molar-refractivity contribution is 5.95. The van der Waals surface area contributed by atoms with Crippen molar-refractivity contribution in [2.45, 2.75) is 12.8 Å². The fourth-order valence-corrected chi connectivity index (χ4v) is 2.71. The zero-order valence-electron chi connectivity index (χ0n) is 12.2. The van der Waals surface area contributed by atoms with Crippen molar-refractivity contribution in [2.75, 3.05) is 23.3 Å². The largest absolute Gasteiger partial charge is 0.385 e. The maximum atomic E-state index is 12.3. The summed E-state index contributed by atoms with van der Waals surface area (Å²) in [6.45, 7) is 1.36. The minimum absolute atomic E-state index is 0.145. The van der Waals surface area contributed by atoms with E-state index in [4.69, 9.17) is 5.26 Å². The van der Waals surface area contributed by atoms with Crippen LogP contribution in [0.15, 0.2) is 48.5 Å². The van der Waals surface area contributed by atoms with E-state index in [1.165, 1.54) is 5.56 Å². The van der Waals surface area contributed by atoms with E-state index in [0.717, 1.165) is 24.3 Å². The number of hydrogen-bond acceptors (Lipinski definition) is 3. The molecule has 0 aromatic heterocycles. The highest BCUT2D eigenvalue weighted by Crippen LogP contribution is 2.27. The van der Waals surface area contributed by atoms with Crippen LogP contribution in [0.5, 0.6) is 0 Å². The van der Waals surface area contributed by atoms with Gasteiger partial charge in [0.25, 0.3) is 0 Å². The number of anilines is 2. The molecule has 0 saturated heterocycles. The van der Waals surface area contributed by atoms with Gasteiger partial charge in [0.2, 0.25) is 5.91 Å². The molecule has 3 rings (SSSR count). The first-order valence-corrected chi connectivity index (χ1v) is 7.40. The topological polar surface area (TPSA) is 56.1 Å². The summed E-state index contributed by atoms with van der Waals surface area (Å²) in [5.41, 5.74) is 3.85. The van der Waals surface area contributed by atoms with Crippen LogP contribution in [0.4, 0.5) is 11.4 Å². The third kappa shape index (κ3) is 2.94. The van der Waals surface area contributed by atoms with Crippen molar-refractivity contribution in [3.63, 3.8) is 0 Å². The summed E-state index contributed by atoms with van der Waals surface area (Å²) < 4.78 is 0. The van der Waals surface area contributed by atoms with Gasteiger partial charge in [-0.3, -0.25) is 4.79 Å². The van der Waals surface area contributed by atoms with Gasteiger partial charge in [-0.25, -0.2) is 0 Å². The van der Waals surface area contributed by atoms with Crippen LogP contribution >= 0.6 is 0 Å². The SMILES string of the molecule is N#Cc1ccc(NCCC(=O)N2CCc3ccccc32)cc1.